The molecule has 0 aromatic heterocycles. The van der Waals surface area contributed by atoms with Gasteiger partial charge < -0.3 is 15.0 Å². The normalized spacial score (nSPS) is 17.1. The van der Waals surface area contributed by atoms with Gasteiger partial charge in [0.25, 0.3) is 0 Å². The second-order valence-electron chi connectivity index (χ2n) is 7.69. The van der Waals surface area contributed by atoms with E-state index in [-0.39, 0.29) is 35.0 Å². The molecule has 0 saturated carbocycles. The predicted molar refractivity (Wildman–Crippen MR) is 139 cm³/mol. The second kappa shape index (κ2) is 12.0. The Hall–Kier alpha value is -1.69. The lowest BCUT2D eigenvalue weighted by molar-refractivity contribution is -0.00834. The molecule has 1 heterocycles. The number of aryl methyl sites for hydroxylation is 2. The maximum absolute atomic E-state index is 11.9. The summed E-state index contributed by atoms with van der Waals surface area (Å²) in [4.78, 5) is 7.28. The van der Waals surface area contributed by atoms with Crippen molar-refractivity contribution in [1.29, 1.82) is 0 Å². The summed E-state index contributed by atoms with van der Waals surface area (Å²) in [6.45, 7) is 9.65. The Morgan fingerprint density at radius 1 is 1.19 bits per heavy atom. The third-order valence-electron chi connectivity index (χ3n) is 5.39. The van der Waals surface area contributed by atoms with Gasteiger partial charge in [-0.05, 0) is 56.6 Å². The second-order valence-corrected chi connectivity index (χ2v) is 9.57. The van der Waals surface area contributed by atoms with Crippen LogP contribution in [0.25, 0.3) is 0 Å². The van der Waals surface area contributed by atoms with Crippen LogP contribution in [0.4, 0.5) is 0 Å². The summed E-state index contributed by atoms with van der Waals surface area (Å²) >= 11 is 0. The van der Waals surface area contributed by atoms with Crippen molar-refractivity contribution in [2.45, 2.75) is 38.3 Å². The van der Waals surface area contributed by atoms with E-state index in [0.29, 0.717) is 13.2 Å². The molecule has 7 nitrogen and oxygen atoms in total. The first-order chi connectivity index (χ1) is 14.8. The molecule has 0 bridgehead atoms. The van der Waals surface area contributed by atoms with Gasteiger partial charge in [-0.25, -0.2) is 18.1 Å². The molecule has 176 valence electrons. The minimum atomic E-state index is -3.43. The van der Waals surface area contributed by atoms with Gasteiger partial charge in [0.05, 0.1) is 24.6 Å². The third kappa shape index (κ3) is 6.66. The molecule has 9 heteroatoms. The van der Waals surface area contributed by atoms with Crippen LogP contribution in [0.5, 0.6) is 0 Å². The number of morpholine rings is 1. The summed E-state index contributed by atoms with van der Waals surface area (Å²) in [6.07, 6.45) is 0.00393. The van der Waals surface area contributed by atoms with Gasteiger partial charge in [0.1, 0.15) is 6.10 Å². The van der Waals surface area contributed by atoms with Gasteiger partial charge in [0.2, 0.25) is 10.0 Å². The molecule has 3 rings (SSSR count). The fourth-order valence-corrected chi connectivity index (χ4v) is 4.43. The quantitative estimate of drug-likeness (QED) is 0.315. The Morgan fingerprint density at radius 3 is 2.53 bits per heavy atom. The molecular weight excluding hydrogens is 539 g/mol. The molecule has 1 aliphatic rings. The van der Waals surface area contributed by atoms with Gasteiger partial charge in [0.15, 0.2) is 5.96 Å². The summed E-state index contributed by atoms with van der Waals surface area (Å²) in [5.74, 6) is 0.840. The first-order valence-electron chi connectivity index (χ1n) is 10.6. The van der Waals surface area contributed by atoms with Gasteiger partial charge in [-0.2, -0.15) is 0 Å². The standard InChI is InChI=1S/C23H32N4O3S.HI/c1-5-25-23(26-15-19-7-9-20(10-8-19)31(28,29)24-4)27-12-13-30-22(16-27)21-11-6-17(2)14-18(21)3;/h6-11,14,22,24H,5,12-13,15-16H2,1-4H3,(H,25,26);1H. The molecule has 0 radical (unpaired) electrons. The van der Waals surface area contributed by atoms with Crippen molar-refractivity contribution in [1.82, 2.24) is 14.9 Å². The van der Waals surface area contributed by atoms with E-state index in [2.05, 4.69) is 53.9 Å². The van der Waals surface area contributed by atoms with Crippen LogP contribution >= 0.6 is 24.0 Å². The zero-order valence-electron chi connectivity index (χ0n) is 19.1. The van der Waals surface area contributed by atoms with Crippen LogP contribution in [-0.4, -0.2) is 52.6 Å². The van der Waals surface area contributed by atoms with Gasteiger partial charge in [-0.3, -0.25) is 0 Å². The van der Waals surface area contributed by atoms with Crippen LogP contribution in [-0.2, 0) is 21.3 Å². The van der Waals surface area contributed by atoms with E-state index in [1.54, 1.807) is 24.3 Å². The summed E-state index contributed by atoms with van der Waals surface area (Å²) < 4.78 is 32.2. The summed E-state index contributed by atoms with van der Waals surface area (Å²) in [5.41, 5.74) is 4.65. The van der Waals surface area contributed by atoms with E-state index in [4.69, 9.17) is 9.73 Å². The lowest BCUT2D eigenvalue weighted by Gasteiger charge is -2.36. The Balaban J connectivity index is 0.00000363. The van der Waals surface area contributed by atoms with Crippen LogP contribution < -0.4 is 10.0 Å². The Labute approximate surface area is 208 Å². The van der Waals surface area contributed by atoms with E-state index in [1.807, 2.05) is 0 Å². The average molecular weight is 573 g/mol. The molecule has 1 saturated heterocycles. The van der Waals surface area contributed by atoms with Crippen molar-refractivity contribution >= 4 is 40.0 Å². The largest absolute Gasteiger partial charge is 0.370 e. The summed E-state index contributed by atoms with van der Waals surface area (Å²) in [6, 6.07) is 13.3. The molecule has 0 spiro atoms. The number of rotatable bonds is 6. The minimum absolute atomic E-state index is 0. The highest BCUT2D eigenvalue weighted by Crippen LogP contribution is 2.26. The lowest BCUT2D eigenvalue weighted by atomic mass is 10.00. The number of ether oxygens (including phenoxy) is 1. The van der Waals surface area contributed by atoms with Crippen molar-refractivity contribution in [3.63, 3.8) is 0 Å². The maximum Gasteiger partial charge on any atom is 0.240 e. The molecule has 1 fully saturated rings. The predicted octanol–water partition coefficient (Wildman–Crippen LogP) is 3.37. The molecular formula is C23H33IN4O3S. The number of sulfonamides is 1. The number of nitrogens with zero attached hydrogens (tertiary/aromatic N) is 2. The van der Waals surface area contributed by atoms with Crippen LogP contribution in [0.2, 0.25) is 0 Å². The Kier molecular flexibility index (Phi) is 9.93. The number of hydrogen-bond acceptors (Lipinski definition) is 4. The molecule has 32 heavy (non-hydrogen) atoms. The molecule has 0 amide bonds. The SMILES string of the molecule is CCNC(=NCc1ccc(S(=O)(=O)NC)cc1)N1CCOC(c2ccc(C)cc2C)C1.I. The van der Waals surface area contributed by atoms with Crippen LogP contribution in [0.15, 0.2) is 52.4 Å². The number of aliphatic imine (C=N–C) groups is 1. The van der Waals surface area contributed by atoms with E-state index in [1.165, 1.54) is 23.7 Å². The first-order valence-corrected chi connectivity index (χ1v) is 12.1. The average Bonchev–Trinajstić information content (AvgIpc) is 2.77. The zero-order valence-corrected chi connectivity index (χ0v) is 22.2. The van der Waals surface area contributed by atoms with E-state index in [0.717, 1.165) is 31.2 Å². The number of benzene rings is 2. The summed E-state index contributed by atoms with van der Waals surface area (Å²) in [5, 5.41) is 3.38. The van der Waals surface area contributed by atoms with Crippen LogP contribution in [0.3, 0.4) is 0 Å². The first kappa shape index (κ1) is 26.6. The lowest BCUT2D eigenvalue weighted by Crippen LogP contribution is -2.48. The molecule has 2 aromatic rings. The van der Waals surface area contributed by atoms with Crippen molar-refractivity contribution < 1.29 is 13.2 Å². The molecule has 0 aliphatic carbocycles. The van der Waals surface area contributed by atoms with E-state index < -0.39 is 10.0 Å². The third-order valence-corrected chi connectivity index (χ3v) is 6.82. The van der Waals surface area contributed by atoms with E-state index in [9.17, 15) is 8.42 Å². The topological polar surface area (TPSA) is 83.0 Å². The molecule has 2 N–H and O–H groups in total. The van der Waals surface area contributed by atoms with Crippen molar-refractivity contribution in [3.05, 3.63) is 64.7 Å². The highest BCUT2D eigenvalue weighted by Gasteiger charge is 2.25. The maximum atomic E-state index is 11.9. The number of hydrogen-bond donors (Lipinski definition) is 2. The fourth-order valence-electron chi connectivity index (χ4n) is 3.70. The van der Waals surface area contributed by atoms with E-state index >= 15 is 0 Å². The number of nitrogens with one attached hydrogen (secondary N) is 2. The van der Waals surface area contributed by atoms with Crippen LogP contribution in [0, 0.1) is 13.8 Å². The van der Waals surface area contributed by atoms with Gasteiger partial charge in [-0.1, -0.05) is 35.9 Å². The van der Waals surface area contributed by atoms with Crippen LogP contribution in [0.1, 0.15) is 35.3 Å². The fraction of sp³-hybridized carbons (Fsp3) is 0.435. The highest BCUT2D eigenvalue weighted by molar-refractivity contribution is 14.0. The van der Waals surface area contributed by atoms with Crippen molar-refractivity contribution in [2.75, 3.05) is 33.3 Å². The van der Waals surface area contributed by atoms with Crippen molar-refractivity contribution in [3.8, 4) is 0 Å². The van der Waals surface area contributed by atoms with Gasteiger partial charge in [-0.15, -0.1) is 24.0 Å². The van der Waals surface area contributed by atoms with Gasteiger partial charge >= 0.3 is 0 Å². The smallest absolute Gasteiger partial charge is 0.240 e. The summed E-state index contributed by atoms with van der Waals surface area (Å²) in [7, 11) is -2.02. The minimum Gasteiger partial charge on any atom is -0.370 e. The highest BCUT2D eigenvalue weighted by atomic mass is 127. The Bertz CT molecular complexity index is 1030. The molecule has 2 aromatic carbocycles. The molecule has 1 unspecified atom stereocenters. The Morgan fingerprint density at radius 2 is 1.91 bits per heavy atom. The number of guanidine groups is 1. The molecule has 1 atom stereocenters. The monoisotopic (exact) mass is 572 g/mol. The van der Waals surface area contributed by atoms with Crippen molar-refractivity contribution in [2.24, 2.45) is 4.99 Å². The number of halogens is 1. The van der Waals surface area contributed by atoms with Gasteiger partial charge in [0, 0.05) is 13.1 Å². The zero-order chi connectivity index (χ0) is 22.4. The molecule has 1 aliphatic heterocycles.